The van der Waals surface area contributed by atoms with Gasteiger partial charge in [0.25, 0.3) is 0 Å². The molecule has 1 nitrogen and oxygen atoms in total. The summed E-state index contributed by atoms with van der Waals surface area (Å²) in [7, 11) is 0. The molecular weight excluding hydrogens is 178 g/mol. The molecule has 54 valence electrons. The molecule has 0 unspecified atom stereocenters. The van der Waals surface area contributed by atoms with E-state index in [1.54, 1.807) is 0 Å². The zero-order chi connectivity index (χ0) is 6.41. The fraction of sp³-hybridized carbons (Fsp3) is 0.714. The van der Waals surface area contributed by atoms with Gasteiger partial charge < -0.3 is 21.9 Å². The molecule has 0 amide bonds. The molecule has 0 rings (SSSR count). The summed E-state index contributed by atoms with van der Waals surface area (Å²) >= 11 is 0. The first-order valence-electron chi connectivity index (χ1n) is 3.12. The Morgan fingerprint density at radius 1 is 1.33 bits per heavy atom. The lowest BCUT2D eigenvalue weighted by atomic mass is 10.5. The molecule has 0 aliphatic heterocycles. The second-order valence-corrected chi connectivity index (χ2v) is 1.84. The van der Waals surface area contributed by atoms with Crippen LogP contribution < -0.4 is 21.9 Å². The lowest BCUT2D eigenvalue weighted by Gasteiger charge is -2.09. The summed E-state index contributed by atoms with van der Waals surface area (Å²) in [5.74, 6) is 2.63. The highest BCUT2D eigenvalue weighted by atomic mass is 79.9. The molecule has 0 atom stereocenters. The summed E-state index contributed by atoms with van der Waals surface area (Å²) in [6, 6.07) is 0. The third-order valence-corrected chi connectivity index (χ3v) is 1.35. The van der Waals surface area contributed by atoms with Crippen molar-refractivity contribution in [2.75, 3.05) is 19.6 Å². The van der Waals surface area contributed by atoms with E-state index >= 15 is 0 Å². The second-order valence-electron chi connectivity index (χ2n) is 1.84. The Labute approximate surface area is 68.2 Å². The zero-order valence-electron chi connectivity index (χ0n) is 6.08. The molecule has 0 bridgehead atoms. The molecule has 0 heterocycles. The number of terminal acetylenes is 1. The van der Waals surface area contributed by atoms with Crippen molar-refractivity contribution in [2.45, 2.75) is 13.8 Å². The third-order valence-electron chi connectivity index (χ3n) is 1.35. The minimum absolute atomic E-state index is 0. The van der Waals surface area contributed by atoms with Crippen molar-refractivity contribution in [2.24, 2.45) is 0 Å². The Bertz CT molecular complexity index is 81.4. The monoisotopic (exact) mass is 191 g/mol. The largest absolute Gasteiger partial charge is 1.00 e. The number of hydrogen-bond acceptors (Lipinski definition) is 0. The first-order chi connectivity index (χ1) is 3.85. The molecule has 0 aliphatic carbocycles. The summed E-state index contributed by atoms with van der Waals surface area (Å²) in [4.78, 5) is 1.48. The van der Waals surface area contributed by atoms with E-state index in [0.29, 0.717) is 0 Å². The number of hydrogen-bond donors (Lipinski definition) is 1. The number of halogens is 1. The molecule has 0 aliphatic rings. The summed E-state index contributed by atoms with van der Waals surface area (Å²) in [5.41, 5.74) is 0. The van der Waals surface area contributed by atoms with Gasteiger partial charge in [0.15, 0.2) is 0 Å². The van der Waals surface area contributed by atoms with Gasteiger partial charge in [-0.25, -0.2) is 0 Å². The molecule has 0 aromatic carbocycles. The van der Waals surface area contributed by atoms with E-state index in [1.807, 2.05) is 0 Å². The van der Waals surface area contributed by atoms with E-state index < -0.39 is 0 Å². The summed E-state index contributed by atoms with van der Waals surface area (Å²) < 4.78 is 0. The molecule has 0 radical (unpaired) electrons. The van der Waals surface area contributed by atoms with E-state index in [2.05, 4.69) is 19.8 Å². The second kappa shape index (κ2) is 8.00. The van der Waals surface area contributed by atoms with Gasteiger partial charge in [-0.1, -0.05) is 0 Å². The topological polar surface area (TPSA) is 4.44 Å². The van der Waals surface area contributed by atoms with Crippen LogP contribution in [0.5, 0.6) is 0 Å². The Morgan fingerprint density at radius 3 is 1.89 bits per heavy atom. The van der Waals surface area contributed by atoms with Crippen LogP contribution in [0.3, 0.4) is 0 Å². The number of nitrogens with one attached hydrogen (secondary N) is 1. The normalized spacial score (nSPS) is 8.22. The molecule has 1 N–H and O–H groups in total. The van der Waals surface area contributed by atoms with E-state index in [0.717, 1.165) is 19.6 Å². The number of quaternary nitrogens is 1. The van der Waals surface area contributed by atoms with Crippen LogP contribution in [0.2, 0.25) is 0 Å². The molecule has 0 saturated heterocycles. The highest BCUT2D eigenvalue weighted by Crippen LogP contribution is 1.46. The fourth-order valence-electron chi connectivity index (χ4n) is 0.644. The van der Waals surface area contributed by atoms with Crippen LogP contribution in [0.1, 0.15) is 13.8 Å². The van der Waals surface area contributed by atoms with Crippen LogP contribution in [-0.4, -0.2) is 19.6 Å². The molecular formula is C7H14BrN. The fourth-order valence-corrected chi connectivity index (χ4v) is 0.644. The average Bonchev–Trinajstić information content (AvgIpc) is 1.83. The maximum atomic E-state index is 5.11. The molecule has 0 aromatic rings. The molecule has 0 spiro atoms. The smallest absolute Gasteiger partial charge is 0.139 e. The van der Waals surface area contributed by atoms with Crippen LogP contribution in [0.25, 0.3) is 0 Å². The van der Waals surface area contributed by atoms with Gasteiger partial charge in [0.05, 0.1) is 13.1 Å². The predicted molar refractivity (Wildman–Crippen MR) is 35.7 cm³/mol. The van der Waals surface area contributed by atoms with Crippen LogP contribution >= 0.6 is 0 Å². The average molecular weight is 192 g/mol. The SMILES string of the molecule is C#CC[NH+](CC)CC.[Br-]. The third kappa shape index (κ3) is 5.88. The Balaban J connectivity index is 0. The van der Waals surface area contributed by atoms with Crippen LogP contribution in [0.4, 0.5) is 0 Å². The van der Waals surface area contributed by atoms with Crippen molar-refractivity contribution in [1.29, 1.82) is 0 Å². The van der Waals surface area contributed by atoms with Crippen molar-refractivity contribution in [3.05, 3.63) is 0 Å². The molecule has 2 heteroatoms. The predicted octanol–water partition coefficient (Wildman–Crippen LogP) is -3.45. The first-order valence-corrected chi connectivity index (χ1v) is 3.12. The maximum absolute atomic E-state index is 5.11. The standard InChI is InChI=1S/C7H13N.BrH/c1-4-7-8(5-2)6-3;/h1H,5-7H2,2-3H3;1H. The van der Waals surface area contributed by atoms with Gasteiger partial charge in [-0.3, -0.25) is 0 Å². The van der Waals surface area contributed by atoms with Gasteiger partial charge in [-0.2, -0.15) is 0 Å². The summed E-state index contributed by atoms with van der Waals surface area (Å²) in [6.07, 6.45) is 5.11. The van der Waals surface area contributed by atoms with Crippen molar-refractivity contribution in [3.63, 3.8) is 0 Å². The van der Waals surface area contributed by atoms with Crippen molar-refractivity contribution >= 4 is 0 Å². The highest BCUT2D eigenvalue weighted by molar-refractivity contribution is 4.81. The first kappa shape index (κ1) is 11.8. The molecule has 0 fully saturated rings. The van der Waals surface area contributed by atoms with Gasteiger partial charge in [0, 0.05) is 0 Å². The van der Waals surface area contributed by atoms with Gasteiger partial charge in [0.1, 0.15) is 6.54 Å². The van der Waals surface area contributed by atoms with E-state index in [1.165, 1.54) is 4.90 Å². The Kier molecular flexibility index (Phi) is 10.4. The Hall–Kier alpha value is 0. The lowest BCUT2D eigenvalue weighted by Crippen LogP contribution is -3.11. The summed E-state index contributed by atoms with van der Waals surface area (Å²) in [6.45, 7) is 7.45. The van der Waals surface area contributed by atoms with E-state index in [-0.39, 0.29) is 17.0 Å². The lowest BCUT2D eigenvalue weighted by molar-refractivity contribution is -0.888. The molecule has 0 aromatic heterocycles. The van der Waals surface area contributed by atoms with Gasteiger partial charge in [-0.15, -0.1) is 6.42 Å². The highest BCUT2D eigenvalue weighted by Gasteiger charge is 1.95. The Morgan fingerprint density at radius 2 is 1.78 bits per heavy atom. The summed E-state index contributed by atoms with van der Waals surface area (Å²) in [5, 5.41) is 0. The van der Waals surface area contributed by atoms with Gasteiger partial charge in [-0.05, 0) is 19.8 Å². The zero-order valence-corrected chi connectivity index (χ0v) is 7.66. The van der Waals surface area contributed by atoms with Crippen molar-refractivity contribution in [1.82, 2.24) is 0 Å². The molecule has 9 heavy (non-hydrogen) atoms. The quantitative estimate of drug-likeness (QED) is 0.443. The van der Waals surface area contributed by atoms with Crippen LogP contribution in [-0.2, 0) is 0 Å². The van der Waals surface area contributed by atoms with Crippen LogP contribution in [0.15, 0.2) is 0 Å². The van der Waals surface area contributed by atoms with Gasteiger partial charge in [0.2, 0.25) is 0 Å². The van der Waals surface area contributed by atoms with Crippen molar-refractivity contribution in [3.8, 4) is 12.3 Å². The van der Waals surface area contributed by atoms with Crippen molar-refractivity contribution < 1.29 is 21.9 Å². The number of rotatable bonds is 3. The maximum Gasteiger partial charge on any atom is 0.139 e. The van der Waals surface area contributed by atoms with E-state index in [9.17, 15) is 0 Å². The van der Waals surface area contributed by atoms with E-state index in [4.69, 9.17) is 6.42 Å². The molecule has 0 saturated carbocycles. The minimum atomic E-state index is 0. The minimum Gasteiger partial charge on any atom is -1.00 e. The van der Waals surface area contributed by atoms with Gasteiger partial charge >= 0.3 is 0 Å². The van der Waals surface area contributed by atoms with Crippen LogP contribution in [0, 0.1) is 12.3 Å².